The smallest absolute Gasteiger partial charge is 0.159 e. The third-order valence-corrected chi connectivity index (χ3v) is 4.25. The van der Waals surface area contributed by atoms with Gasteiger partial charge in [0, 0.05) is 18.0 Å². The summed E-state index contributed by atoms with van der Waals surface area (Å²) in [5, 5.41) is 0. The quantitative estimate of drug-likeness (QED) is 0.474. The standard InChI is InChI=1S/C21H29N2/c1-2-3-4-5-6-7-8-9-11-14-19-17-22-21(23-18-19)20-15-12-10-13-16-20/h12-13,15-18H,2-9,11,14H2,1H3. The lowest BCUT2D eigenvalue weighted by atomic mass is 10.1. The molecular formula is C21H29N2. The van der Waals surface area contributed by atoms with Gasteiger partial charge in [-0.25, -0.2) is 9.97 Å². The van der Waals surface area contributed by atoms with Crippen molar-refractivity contribution in [1.29, 1.82) is 0 Å². The molecule has 0 saturated carbocycles. The highest BCUT2D eigenvalue weighted by Crippen LogP contribution is 2.15. The van der Waals surface area contributed by atoms with E-state index in [-0.39, 0.29) is 0 Å². The molecule has 1 aromatic heterocycles. The Labute approximate surface area is 141 Å². The van der Waals surface area contributed by atoms with Crippen LogP contribution in [0.4, 0.5) is 0 Å². The van der Waals surface area contributed by atoms with E-state index in [1.54, 1.807) is 0 Å². The van der Waals surface area contributed by atoms with E-state index in [9.17, 15) is 0 Å². The Morgan fingerprint density at radius 2 is 1.35 bits per heavy atom. The average Bonchev–Trinajstić information content (AvgIpc) is 2.62. The number of nitrogens with zero attached hydrogens (tertiary/aromatic N) is 2. The van der Waals surface area contributed by atoms with Crippen LogP contribution in [0.3, 0.4) is 0 Å². The van der Waals surface area contributed by atoms with Crippen LogP contribution in [0.5, 0.6) is 0 Å². The molecule has 0 bridgehead atoms. The van der Waals surface area contributed by atoms with E-state index in [1.807, 2.05) is 36.7 Å². The molecule has 2 heteroatoms. The summed E-state index contributed by atoms with van der Waals surface area (Å²) >= 11 is 0. The predicted molar refractivity (Wildman–Crippen MR) is 97.2 cm³/mol. The zero-order chi connectivity index (χ0) is 16.2. The maximum atomic E-state index is 4.48. The summed E-state index contributed by atoms with van der Waals surface area (Å²) in [6.45, 7) is 2.27. The van der Waals surface area contributed by atoms with Crippen LogP contribution < -0.4 is 0 Å². The second kappa shape index (κ2) is 10.9. The molecule has 0 aliphatic rings. The Morgan fingerprint density at radius 1 is 0.783 bits per heavy atom. The SMILES string of the molecule is CCCCCCCCCCCc1cnc(-c2cc[c]cc2)nc1. The molecule has 1 aromatic carbocycles. The molecule has 1 heterocycles. The fourth-order valence-electron chi connectivity index (χ4n) is 2.81. The molecule has 0 aliphatic carbocycles. The zero-order valence-corrected chi connectivity index (χ0v) is 14.4. The molecule has 2 aromatic rings. The highest BCUT2D eigenvalue weighted by Gasteiger charge is 2.01. The van der Waals surface area contributed by atoms with Crippen molar-refractivity contribution in [3.63, 3.8) is 0 Å². The van der Waals surface area contributed by atoms with E-state index in [0.29, 0.717) is 0 Å². The number of aryl methyl sites for hydroxylation is 1. The van der Waals surface area contributed by atoms with E-state index >= 15 is 0 Å². The van der Waals surface area contributed by atoms with Gasteiger partial charge in [0.05, 0.1) is 0 Å². The van der Waals surface area contributed by atoms with Crippen LogP contribution in [0.1, 0.15) is 70.3 Å². The molecule has 0 saturated heterocycles. The van der Waals surface area contributed by atoms with Crippen molar-refractivity contribution in [3.8, 4) is 11.4 Å². The summed E-state index contributed by atoms with van der Waals surface area (Å²) in [5.74, 6) is 0.801. The van der Waals surface area contributed by atoms with Crippen molar-refractivity contribution >= 4 is 0 Å². The lowest BCUT2D eigenvalue weighted by Crippen LogP contribution is -1.93. The van der Waals surface area contributed by atoms with E-state index in [0.717, 1.165) is 17.8 Å². The monoisotopic (exact) mass is 309 g/mol. The number of benzene rings is 1. The largest absolute Gasteiger partial charge is 0.236 e. The summed E-state index contributed by atoms with van der Waals surface area (Å²) in [4.78, 5) is 8.96. The topological polar surface area (TPSA) is 25.8 Å². The summed E-state index contributed by atoms with van der Waals surface area (Å²) in [6, 6.07) is 10.8. The molecule has 0 aliphatic heterocycles. The number of rotatable bonds is 11. The molecule has 0 amide bonds. The minimum Gasteiger partial charge on any atom is -0.236 e. The van der Waals surface area contributed by atoms with Crippen molar-refractivity contribution in [2.75, 3.05) is 0 Å². The summed E-state index contributed by atoms with van der Waals surface area (Å²) in [5.41, 5.74) is 2.30. The van der Waals surface area contributed by atoms with Crippen LogP contribution in [0.25, 0.3) is 11.4 Å². The van der Waals surface area contributed by atoms with Gasteiger partial charge in [0.1, 0.15) is 0 Å². The van der Waals surface area contributed by atoms with Crippen LogP contribution in [0, 0.1) is 6.07 Å². The first-order valence-electron chi connectivity index (χ1n) is 9.17. The van der Waals surface area contributed by atoms with E-state index < -0.39 is 0 Å². The van der Waals surface area contributed by atoms with Gasteiger partial charge >= 0.3 is 0 Å². The molecule has 123 valence electrons. The minimum atomic E-state index is 0.801. The highest BCUT2D eigenvalue weighted by molar-refractivity contribution is 5.53. The molecule has 0 spiro atoms. The summed E-state index contributed by atoms with van der Waals surface area (Å²) in [7, 11) is 0. The second-order valence-electron chi connectivity index (χ2n) is 6.28. The van der Waals surface area contributed by atoms with Crippen molar-refractivity contribution in [1.82, 2.24) is 9.97 Å². The Kier molecular flexibility index (Phi) is 8.39. The van der Waals surface area contributed by atoms with E-state index in [2.05, 4.69) is 23.0 Å². The first kappa shape index (κ1) is 17.7. The van der Waals surface area contributed by atoms with Crippen LogP contribution in [0.15, 0.2) is 36.7 Å². The van der Waals surface area contributed by atoms with Gasteiger partial charge in [0.15, 0.2) is 5.82 Å². The molecule has 0 fully saturated rings. The molecule has 1 radical (unpaired) electrons. The van der Waals surface area contributed by atoms with Crippen molar-refractivity contribution < 1.29 is 0 Å². The highest BCUT2D eigenvalue weighted by atomic mass is 14.9. The van der Waals surface area contributed by atoms with Crippen molar-refractivity contribution in [2.24, 2.45) is 0 Å². The first-order valence-corrected chi connectivity index (χ1v) is 9.17. The lowest BCUT2D eigenvalue weighted by molar-refractivity contribution is 0.564. The summed E-state index contributed by atoms with van der Waals surface area (Å²) < 4.78 is 0. The van der Waals surface area contributed by atoms with Gasteiger partial charge in [-0.1, -0.05) is 82.6 Å². The van der Waals surface area contributed by atoms with E-state index in [4.69, 9.17) is 0 Å². The van der Waals surface area contributed by atoms with Crippen molar-refractivity contribution in [2.45, 2.75) is 71.1 Å². The number of unbranched alkanes of at least 4 members (excludes halogenated alkanes) is 8. The molecule has 0 N–H and O–H groups in total. The Hall–Kier alpha value is -1.70. The van der Waals surface area contributed by atoms with Gasteiger partial charge in [-0.15, -0.1) is 0 Å². The number of hydrogen-bond acceptors (Lipinski definition) is 2. The van der Waals surface area contributed by atoms with Crippen LogP contribution in [0.2, 0.25) is 0 Å². The number of hydrogen-bond donors (Lipinski definition) is 0. The van der Waals surface area contributed by atoms with Gasteiger partial charge < -0.3 is 0 Å². The van der Waals surface area contributed by atoms with Gasteiger partial charge in [0.2, 0.25) is 0 Å². The second-order valence-corrected chi connectivity index (χ2v) is 6.28. The van der Waals surface area contributed by atoms with Crippen LogP contribution in [-0.4, -0.2) is 9.97 Å². The van der Waals surface area contributed by atoms with Crippen LogP contribution in [-0.2, 0) is 6.42 Å². The van der Waals surface area contributed by atoms with Gasteiger partial charge in [-0.2, -0.15) is 0 Å². The maximum Gasteiger partial charge on any atom is 0.159 e. The van der Waals surface area contributed by atoms with E-state index in [1.165, 1.54) is 63.4 Å². The third-order valence-electron chi connectivity index (χ3n) is 4.25. The van der Waals surface area contributed by atoms with Gasteiger partial charge in [0.25, 0.3) is 0 Å². The Bertz CT molecular complexity index is 519. The minimum absolute atomic E-state index is 0.801. The fourth-order valence-corrected chi connectivity index (χ4v) is 2.81. The molecule has 0 atom stereocenters. The molecule has 2 rings (SSSR count). The van der Waals surface area contributed by atoms with Gasteiger partial charge in [-0.05, 0) is 24.5 Å². The fraction of sp³-hybridized carbons (Fsp3) is 0.524. The Morgan fingerprint density at radius 3 is 1.96 bits per heavy atom. The molecular weight excluding hydrogens is 280 g/mol. The lowest BCUT2D eigenvalue weighted by Gasteiger charge is -2.04. The molecule has 23 heavy (non-hydrogen) atoms. The first-order chi connectivity index (χ1) is 11.4. The van der Waals surface area contributed by atoms with Crippen LogP contribution >= 0.6 is 0 Å². The van der Waals surface area contributed by atoms with Crippen molar-refractivity contribution in [3.05, 3.63) is 48.3 Å². The summed E-state index contributed by atoms with van der Waals surface area (Å²) in [6.07, 6.45) is 17.4. The Balaban J connectivity index is 1.60. The zero-order valence-electron chi connectivity index (χ0n) is 14.4. The predicted octanol–water partition coefficient (Wildman–Crippen LogP) is 6.02. The third kappa shape index (κ3) is 6.94. The molecule has 2 nitrogen and oxygen atoms in total. The van der Waals surface area contributed by atoms with Gasteiger partial charge in [-0.3, -0.25) is 0 Å². The molecule has 0 unspecified atom stereocenters. The number of aromatic nitrogens is 2. The normalized spacial score (nSPS) is 10.8. The maximum absolute atomic E-state index is 4.48. The average molecular weight is 309 g/mol.